The lowest BCUT2D eigenvalue weighted by Gasteiger charge is -2.57. The van der Waals surface area contributed by atoms with Crippen LogP contribution in [-0.2, 0) is 19.1 Å². The summed E-state index contributed by atoms with van der Waals surface area (Å²) >= 11 is 11.7. The van der Waals surface area contributed by atoms with Crippen LogP contribution in [0.3, 0.4) is 0 Å². The van der Waals surface area contributed by atoms with Gasteiger partial charge in [-0.25, -0.2) is 6.57 Å². The van der Waals surface area contributed by atoms with Gasteiger partial charge < -0.3 is 15.3 Å². The highest BCUT2D eigenvalue weighted by Crippen LogP contribution is 2.58. The lowest BCUT2D eigenvalue weighted by molar-refractivity contribution is -0.511. The van der Waals surface area contributed by atoms with Crippen molar-refractivity contribution in [1.29, 1.82) is 0 Å². The number of nitrogens with zero attached hydrogens (tertiary/aromatic N) is 2. The molecule has 1 rings (SSSR count). The summed E-state index contributed by atoms with van der Waals surface area (Å²) in [5, 5.41) is 36.9. The molecule has 0 aromatic rings. The SMILES string of the molecule is [C-]#[N+]C1(Cl)O[C@](Cl)(C[N+](=O)[O-])[C@](O)(C(C)=O)[C@@](O)(C(C)=O)[C@]1(O)C(C)=O. The van der Waals surface area contributed by atoms with E-state index in [2.05, 4.69) is 4.85 Å². The van der Waals surface area contributed by atoms with Crippen molar-refractivity contribution in [1.82, 2.24) is 0 Å². The minimum Gasteiger partial charge on any atom is -0.375 e. The maximum Gasteiger partial charge on any atom is 0.459 e. The van der Waals surface area contributed by atoms with E-state index in [0.29, 0.717) is 20.8 Å². The van der Waals surface area contributed by atoms with Gasteiger partial charge in [0.05, 0.1) is 0 Å². The lowest BCUT2D eigenvalue weighted by atomic mass is 9.60. The average Bonchev–Trinajstić information content (AvgIpc) is 2.49. The molecule has 1 aliphatic rings. The molecular formula is C13H14Cl2N2O9. The largest absolute Gasteiger partial charge is 0.459 e. The zero-order chi connectivity index (χ0) is 20.9. The molecule has 1 aliphatic heterocycles. The van der Waals surface area contributed by atoms with Crippen LogP contribution in [0.2, 0.25) is 0 Å². The molecule has 144 valence electrons. The molecule has 0 aromatic heterocycles. The predicted molar refractivity (Wildman–Crippen MR) is 83.6 cm³/mol. The summed E-state index contributed by atoms with van der Waals surface area (Å²) in [7, 11) is 0. The molecule has 0 amide bonds. The first-order chi connectivity index (χ1) is 11.5. The first-order valence-corrected chi connectivity index (χ1v) is 7.56. The molecular weight excluding hydrogens is 399 g/mol. The van der Waals surface area contributed by atoms with Gasteiger partial charge in [0.1, 0.15) is 0 Å². The van der Waals surface area contributed by atoms with E-state index in [9.17, 15) is 39.8 Å². The van der Waals surface area contributed by atoms with E-state index >= 15 is 0 Å². The number of carbonyl (C=O) groups is 3. The summed E-state index contributed by atoms with van der Waals surface area (Å²) < 4.78 is 4.80. The zero-order valence-electron chi connectivity index (χ0n) is 13.6. The van der Waals surface area contributed by atoms with E-state index in [1.807, 2.05) is 0 Å². The van der Waals surface area contributed by atoms with E-state index in [-0.39, 0.29) is 0 Å². The van der Waals surface area contributed by atoms with E-state index in [1.54, 1.807) is 0 Å². The monoisotopic (exact) mass is 412 g/mol. The van der Waals surface area contributed by atoms with Gasteiger partial charge in [-0.2, -0.15) is 0 Å². The van der Waals surface area contributed by atoms with Crippen LogP contribution in [0, 0.1) is 16.7 Å². The first kappa shape index (κ1) is 22.4. The van der Waals surface area contributed by atoms with Gasteiger partial charge in [-0.15, -0.1) is 0 Å². The fourth-order valence-corrected chi connectivity index (χ4v) is 3.95. The minimum absolute atomic E-state index is 0.553. The van der Waals surface area contributed by atoms with Crippen molar-refractivity contribution < 1.29 is 39.4 Å². The predicted octanol–water partition coefficient (Wildman–Crippen LogP) is -0.999. The number of halogens is 2. The molecule has 0 radical (unpaired) electrons. The third-order valence-electron chi connectivity index (χ3n) is 4.34. The molecule has 1 heterocycles. The van der Waals surface area contributed by atoms with E-state index in [1.165, 1.54) is 0 Å². The van der Waals surface area contributed by atoms with Crippen molar-refractivity contribution in [3.05, 3.63) is 21.5 Å². The summed E-state index contributed by atoms with van der Waals surface area (Å²) in [6.45, 7) is 7.19. The Bertz CT molecular complexity index is 754. The van der Waals surface area contributed by atoms with Crippen LogP contribution in [0.4, 0.5) is 0 Å². The minimum atomic E-state index is -3.85. The number of ketones is 3. The van der Waals surface area contributed by atoms with Gasteiger partial charge in [0.2, 0.25) is 17.7 Å². The highest BCUT2D eigenvalue weighted by atomic mass is 35.5. The molecule has 1 unspecified atom stereocenters. The van der Waals surface area contributed by atoms with Crippen molar-refractivity contribution in [2.75, 3.05) is 6.54 Å². The summed E-state index contributed by atoms with van der Waals surface area (Å²) in [4.78, 5) is 48.9. The molecule has 1 saturated heterocycles. The second-order valence-electron chi connectivity index (χ2n) is 5.79. The van der Waals surface area contributed by atoms with Crippen molar-refractivity contribution in [3.63, 3.8) is 0 Å². The average molecular weight is 413 g/mol. The number of rotatable bonds is 5. The van der Waals surface area contributed by atoms with Gasteiger partial charge in [-0.05, 0) is 20.8 Å². The molecule has 0 bridgehead atoms. The molecule has 11 nitrogen and oxygen atoms in total. The quantitative estimate of drug-likeness (QED) is 0.168. The van der Waals surface area contributed by atoms with E-state index < -0.39 is 55.9 Å². The smallest absolute Gasteiger partial charge is 0.375 e. The van der Waals surface area contributed by atoms with Crippen LogP contribution in [0.25, 0.3) is 4.85 Å². The zero-order valence-corrected chi connectivity index (χ0v) is 15.2. The number of aliphatic hydroxyl groups is 3. The van der Waals surface area contributed by atoms with Gasteiger partial charge in [0.15, 0.2) is 17.3 Å². The Hall–Kier alpha value is -1.68. The van der Waals surface area contributed by atoms with E-state index in [4.69, 9.17) is 34.5 Å². The third-order valence-corrected chi connectivity index (χ3v) is 5.24. The molecule has 3 N–H and O–H groups in total. The normalized spacial score (nSPS) is 42.6. The third kappa shape index (κ3) is 2.31. The molecule has 0 saturated carbocycles. The van der Waals surface area contributed by atoms with Gasteiger partial charge in [0, 0.05) is 16.5 Å². The van der Waals surface area contributed by atoms with Crippen LogP contribution in [0.5, 0.6) is 0 Å². The number of Topliss-reactive ketones (excluding diaryl/α,β-unsaturated/α-hetero) is 3. The number of alkyl halides is 2. The molecule has 5 atom stereocenters. The van der Waals surface area contributed by atoms with E-state index in [0.717, 1.165) is 0 Å². The summed E-state index contributed by atoms with van der Waals surface area (Å²) in [6, 6.07) is 0. The first-order valence-electron chi connectivity index (χ1n) is 6.80. The summed E-state index contributed by atoms with van der Waals surface area (Å²) in [6.07, 6.45) is 0. The fourth-order valence-electron chi connectivity index (χ4n) is 3.03. The van der Waals surface area contributed by atoms with Crippen molar-refractivity contribution in [3.8, 4) is 0 Å². The number of nitro groups is 1. The Balaban J connectivity index is 4.16. The Morgan fingerprint density at radius 1 is 1.04 bits per heavy atom. The summed E-state index contributed by atoms with van der Waals surface area (Å²) in [5.41, 5.74) is -11.3. The number of carbonyl (C=O) groups excluding carboxylic acids is 3. The Labute approximate surface area is 156 Å². The van der Waals surface area contributed by atoms with Crippen LogP contribution in [0.15, 0.2) is 0 Å². The molecule has 13 heteroatoms. The van der Waals surface area contributed by atoms with Gasteiger partial charge in [-0.3, -0.25) is 34.1 Å². The van der Waals surface area contributed by atoms with Crippen LogP contribution < -0.4 is 0 Å². The Morgan fingerprint density at radius 2 is 1.42 bits per heavy atom. The standard InChI is InChI=1S/C13H14Cl2N2O9/c1-6(18)10(21)9(14,5-17(24)25)26-13(15,16-4)12(23,8(3)20)11(10,22)7(2)19/h21-23H,5H2,1-3H3/t9-,10-,11+,12-,13?/m1/s1. The Morgan fingerprint density at radius 3 is 1.69 bits per heavy atom. The number of hydrogen-bond acceptors (Lipinski definition) is 9. The molecule has 26 heavy (non-hydrogen) atoms. The fraction of sp³-hybridized carbons (Fsp3) is 0.692. The van der Waals surface area contributed by atoms with Gasteiger partial charge >= 0.3 is 5.18 Å². The van der Waals surface area contributed by atoms with Crippen molar-refractivity contribution in [2.45, 2.75) is 47.8 Å². The molecule has 0 aliphatic carbocycles. The van der Waals surface area contributed by atoms with Crippen LogP contribution >= 0.6 is 23.2 Å². The summed E-state index contributed by atoms with van der Waals surface area (Å²) in [5.74, 6) is -4.71. The van der Waals surface area contributed by atoms with Crippen molar-refractivity contribution in [2.24, 2.45) is 0 Å². The lowest BCUT2D eigenvalue weighted by Crippen LogP contribution is -2.90. The van der Waals surface area contributed by atoms with Crippen molar-refractivity contribution >= 4 is 40.6 Å². The van der Waals surface area contributed by atoms with Gasteiger partial charge in [0.25, 0.3) is 10.7 Å². The van der Waals surface area contributed by atoms with Crippen LogP contribution in [-0.4, -0.2) is 71.2 Å². The number of ether oxygens (including phenoxy) is 1. The second-order valence-corrected chi connectivity index (χ2v) is 6.92. The highest BCUT2D eigenvalue weighted by Gasteiger charge is 2.91. The maximum absolute atomic E-state index is 12.2. The molecule has 1 fully saturated rings. The highest BCUT2D eigenvalue weighted by molar-refractivity contribution is 6.32. The topological polar surface area (TPSA) is 169 Å². The van der Waals surface area contributed by atoms with Crippen LogP contribution in [0.1, 0.15) is 20.8 Å². The van der Waals surface area contributed by atoms with Gasteiger partial charge in [-0.1, -0.05) is 11.6 Å². The molecule has 0 spiro atoms. The number of hydrogen-bond donors (Lipinski definition) is 3. The maximum atomic E-state index is 12.2. The molecule has 0 aromatic carbocycles. The second kappa shape index (κ2) is 6.19. The Kier molecular flexibility index (Phi) is 5.32.